The van der Waals surface area contributed by atoms with Crippen LogP contribution in [-0.4, -0.2) is 87.2 Å². The minimum Gasteiger partial charge on any atom is -0.396 e. The summed E-state index contributed by atoms with van der Waals surface area (Å²) >= 11 is 0. The van der Waals surface area contributed by atoms with Gasteiger partial charge in [0.05, 0.1) is 30.1 Å². The highest BCUT2D eigenvalue weighted by molar-refractivity contribution is 6.00. The summed E-state index contributed by atoms with van der Waals surface area (Å²) in [6, 6.07) is 0. The molecule has 0 amide bonds. The maximum atomic E-state index is 14.9. The third-order valence-electron chi connectivity index (χ3n) is 19.6. The van der Waals surface area contributed by atoms with E-state index < -0.39 is 39.8 Å². The number of hydrogen-bond acceptors (Lipinski definition) is 9. The fourth-order valence-electron chi connectivity index (χ4n) is 16.9. The van der Waals surface area contributed by atoms with Gasteiger partial charge in [-0.25, -0.2) is 0 Å². The van der Waals surface area contributed by atoms with E-state index in [4.69, 9.17) is 15.2 Å². The second-order valence-electron chi connectivity index (χ2n) is 21.9. The summed E-state index contributed by atoms with van der Waals surface area (Å²) in [5.74, 6) is 2.63. The molecule has 2 bridgehead atoms. The molecule has 0 aromatic heterocycles. The van der Waals surface area contributed by atoms with E-state index in [0.717, 1.165) is 101 Å². The molecule has 3 saturated heterocycles. The molecule has 0 aromatic carbocycles. The van der Waals surface area contributed by atoms with Crippen molar-refractivity contribution in [2.75, 3.05) is 19.8 Å². The van der Waals surface area contributed by atoms with E-state index in [1.54, 1.807) is 0 Å². The van der Waals surface area contributed by atoms with Crippen molar-refractivity contribution in [3.8, 4) is 0 Å². The number of piperidine rings is 1. The summed E-state index contributed by atoms with van der Waals surface area (Å²) in [5, 5.41) is 52.0. The van der Waals surface area contributed by atoms with Gasteiger partial charge in [-0.15, -0.1) is 0 Å². The number of epoxide rings is 1. The van der Waals surface area contributed by atoms with Crippen LogP contribution in [0.5, 0.6) is 0 Å². The number of carbonyl (C=O) groups is 1. The monoisotopic (exact) mass is 751 g/mol. The quantitative estimate of drug-likeness (QED) is 0.188. The predicted octanol–water partition coefficient (Wildman–Crippen LogP) is 5.01. The van der Waals surface area contributed by atoms with Gasteiger partial charge in [0.25, 0.3) is 0 Å². The predicted molar refractivity (Wildman–Crippen MR) is 204 cm³/mol. The summed E-state index contributed by atoms with van der Waals surface area (Å²) in [4.78, 5) is 14.9. The second kappa shape index (κ2) is 12.3. The minimum absolute atomic E-state index is 0.00250. The van der Waals surface area contributed by atoms with E-state index in [1.165, 1.54) is 6.42 Å². The van der Waals surface area contributed by atoms with Crippen LogP contribution in [0.25, 0.3) is 0 Å². The van der Waals surface area contributed by atoms with Crippen LogP contribution in [0.2, 0.25) is 0 Å². The maximum absolute atomic E-state index is 14.9. The van der Waals surface area contributed by atoms with Crippen LogP contribution in [0.3, 0.4) is 0 Å². The summed E-state index contributed by atoms with van der Waals surface area (Å²) in [5.41, 5.74) is 3.88. The largest absolute Gasteiger partial charge is 0.396 e. The van der Waals surface area contributed by atoms with E-state index in [2.05, 4.69) is 19.2 Å². The topological polar surface area (TPSA) is 158 Å². The van der Waals surface area contributed by atoms with Crippen molar-refractivity contribution in [2.24, 2.45) is 75.2 Å². The molecule has 3 heterocycles. The van der Waals surface area contributed by atoms with Crippen molar-refractivity contribution in [3.05, 3.63) is 11.1 Å². The van der Waals surface area contributed by atoms with Gasteiger partial charge in [0, 0.05) is 23.4 Å². The second-order valence-corrected chi connectivity index (χ2v) is 21.9. The molecule has 7 N–H and O–H groups in total. The molecule has 5 saturated carbocycles. The van der Waals surface area contributed by atoms with Gasteiger partial charge in [0.2, 0.25) is 0 Å². The first-order chi connectivity index (χ1) is 25.6. The average molecular weight is 751 g/mol. The number of ether oxygens (including phenoxy) is 2. The van der Waals surface area contributed by atoms with E-state index in [0.29, 0.717) is 49.0 Å². The minimum atomic E-state index is -1.29. The number of nitrogens with one attached hydrogen (secondary N) is 1. The molecule has 54 heavy (non-hydrogen) atoms. The first-order valence-corrected chi connectivity index (χ1v) is 22.4. The number of nitrogens with two attached hydrogens (primary N) is 1. The highest BCUT2D eigenvalue weighted by Gasteiger charge is 2.80. The van der Waals surface area contributed by atoms with Crippen LogP contribution < -0.4 is 11.1 Å². The van der Waals surface area contributed by atoms with Crippen molar-refractivity contribution in [2.45, 2.75) is 172 Å². The molecule has 10 rings (SSSR count). The van der Waals surface area contributed by atoms with E-state index in [9.17, 15) is 25.2 Å². The van der Waals surface area contributed by atoms with E-state index in [1.807, 2.05) is 13.8 Å². The average Bonchev–Trinajstić information content (AvgIpc) is 3.91. The van der Waals surface area contributed by atoms with Crippen LogP contribution >= 0.6 is 0 Å². The Balaban J connectivity index is 1.02. The number of hydrogen-bond donors (Lipinski definition) is 6. The number of ketones is 1. The molecule has 302 valence electrons. The molecule has 3 aliphatic heterocycles. The summed E-state index contributed by atoms with van der Waals surface area (Å²) in [6.07, 6.45) is 13.4. The zero-order valence-electron chi connectivity index (χ0n) is 33.5. The number of carbonyl (C=O) groups excluding carboxylic acids is 1. The molecule has 9 heteroatoms. The van der Waals surface area contributed by atoms with Crippen LogP contribution in [0.15, 0.2) is 11.1 Å². The van der Waals surface area contributed by atoms with Crippen molar-refractivity contribution < 1.29 is 34.7 Å². The Bertz CT molecular complexity index is 1580. The molecule has 10 aliphatic rings. The van der Waals surface area contributed by atoms with Gasteiger partial charge >= 0.3 is 0 Å². The number of rotatable bonds is 8. The van der Waals surface area contributed by atoms with E-state index in [-0.39, 0.29) is 53.7 Å². The zero-order valence-corrected chi connectivity index (χ0v) is 33.5. The first kappa shape index (κ1) is 37.4. The first-order valence-electron chi connectivity index (χ1n) is 22.4. The standard InChI is InChI=1S/C45H70N2O7/c1-24-11-15-53-44(21-24,39-38(54-39)42(4,51)40(2,23-48)13-9-25-10-14-47-34(46)16-25)33-18-28-7-8-30-36-35-27(22-41(33,3)45(28,36)52)17-26-6-5-12-43(35)31(26)19-29(49)20-32(43)37(30)50/h24-29,31-35,38-39,47-49,51-52H,5-23,46H2,1-4H3/t24-,25?,26-,27-,28-,29-,31-,32-,33+,34?,35-,38-,39+,40-,41+,42-,43-,44+,45+/m0/s1. The van der Waals surface area contributed by atoms with Gasteiger partial charge in [0.1, 0.15) is 17.8 Å². The summed E-state index contributed by atoms with van der Waals surface area (Å²) in [7, 11) is 0. The van der Waals surface area contributed by atoms with Crippen LogP contribution in [0.1, 0.15) is 130 Å². The van der Waals surface area contributed by atoms with Crippen LogP contribution in [0, 0.1) is 69.5 Å². The lowest BCUT2D eigenvalue weighted by Gasteiger charge is -2.72. The Morgan fingerprint density at radius 2 is 1.85 bits per heavy atom. The zero-order chi connectivity index (χ0) is 37.8. The Labute approximate surface area is 323 Å². The summed E-state index contributed by atoms with van der Waals surface area (Å²) in [6.45, 7) is 10.0. The Kier molecular flexibility index (Phi) is 8.52. The lowest BCUT2D eigenvalue weighted by Crippen LogP contribution is -2.71. The smallest absolute Gasteiger partial charge is 0.162 e. The summed E-state index contributed by atoms with van der Waals surface area (Å²) < 4.78 is 14.0. The number of allylic oxidation sites excluding steroid dienone is 1. The third-order valence-corrected chi connectivity index (χ3v) is 19.6. The van der Waals surface area contributed by atoms with Gasteiger partial charge in [-0.3, -0.25) is 4.79 Å². The molecule has 0 radical (unpaired) electrons. The van der Waals surface area contributed by atoms with Crippen molar-refractivity contribution in [1.29, 1.82) is 0 Å². The van der Waals surface area contributed by atoms with Crippen molar-refractivity contribution in [3.63, 3.8) is 0 Å². The fourth-order valence-corrected chi connectivity index (χ4v) is 16.9. The Morgan fingerprint density at radius 1 is 1.04 bits per heavy atom. The van der Waals surface area contributed by atoms with Crippen molar-refractivity contribution in [1.82, 2.24) is 5.32 Å². The van der Waals surface area contributed by atoms with Gasteiger partial charge in [-0.05, 0) is 167 Å². The number of aliphatic hydroxyl groups excluding tert-OH is 2. The van der Waals surface area contributed by atoms with Gasteiger partial charge in [-0.2, -0.15) is 0 Å². The third kappa shape index (κ3) is 4.70. The molecular weight excluding hydrogens is 681 g/mol. The molecule has 7 aliphatic carbocycles. The van der Waals surface area contributed by atoms with Gasteiger partial charge < -0.3 is 41.0 Å². The normalized spacial score (nSPS) is 55.4. The molecule has 9 nitrogen and oxygen atoms in total. The molecule has 8 fully saturated rings. The molecule has 1 spiro atoms. The lowest BCUT2D eigenvalue weighted by atomic mass is 9.32. The highest BCUT2D eigenvalue weighted by Crippen LogP contribution is 2.80. The van der Waals surface area contributed by atoms with Gasteiger partial charge in [-0.1, -0.05) is 33.6 Å². The van der Waals surface area contributed by atoms with Gasteiger partial charge in [0.15, 0.2) is 5.78 Å². The molecule has 2 unspecified atom stereocenters. The Hall–Kier alpha value is -0.910. The van der Waals surface area contributed by atoms with E-state index >= 15 is 0 Å². The maximum Gasteiger partial charge on any atom is 0.162 e. The molecular formula is C45H70N2O7. The lowest BCUT2D eigenvalue weighted by molar-refractivity contribution is -0.232. The molecule has 0 aromatic rings. The number of aliphatic hydroxyl groups is 4. The van der Waals surface area contributed by atoms with Crippen LogP contribution in [0.4, 0.5) is 0 Å². The van der Waals surface area contributed by atoms with Crippen LogP contribution in [-0.2, 0) is 14.3 Å². The SMILES string of the molecule is C[C@H]1CCO[C@@]([C@@H]2O[C@@H]2[C@](C)(O)[C@](C)(CO)CCC2CCNC(N)C2)([C@@H]2C[C@@H]3CCC4=C5[C@@H]6[C@@H](C[C@@H]7CCC[C@]68[C@@H](C[C@@H](O)C[C@@H]78)C4=O)C[C@@]2(C)[C@]53O)C1. The Morgan fingerprint density at radius 3 is 2.61 bits per heavy atom. The number of Topliss-reactive ketones (excluding diaryl/α,β-unsaturated/α-hetero) is 1. The highest BCUT2D eigenvalue weighted by atomic mass is 16.6. The fraction of sp³-hybridized carbons (Fsp3) is 0.933. The van der Waals surface area contributed by atoms with Crippen molar-refractivity contribution >= 4 is 5.78 Å². The molecule has 19 atom stereocenters.